The van der Waals surface area contributed by atoms with Gasteiger partial charge >= 0.3 is 5.97 Å². The third-order valence-electron chi connectivity index (χ3n) is 2.94. The van der Waals surface area contributed by atoms with Gasteiger partial charge in [-0.25, -0.2) is 0 Å². The number of pyridine rings is 1. The summed E-state index contributed by atoms with van der Waals surface area (Å²) in [7, 11) is 1.32. The van der Waals surface area contributed by atoms with Crippen molar-refractivity contribution in [3.05, 3.63) is 54.2 Å². The Labute approximate surface area is 122 Å². The number of esters is 1. The summed E-state index contributed by atoms with van der Waals surface area (Å²) in [6.07, 6.45) is 4.77. The maximum absolute atomic E-state index is 12.5. The molecule has 0 fully saturated rings. The Bertz CT molecular complexity index is 581. The summed E-state index contributed by atoms with van der Waals surface area (Å²) in [5.74, 6) is 0.0824. The van der Waals surface area contributed by atoms with E-state index in [1.807, 2.05) is 0 Å². The monoisotopic (exact) mass is 288 g/mol. The number of nitrogens with zero attached hydrogens (tertiary/aromatic N) is 2. The van der Waals surface area contributed by atoms with Crippen LogP contribution in [0.5, 0.6) is 0 Å². The number of hydrogen-bond acceptors (Lipinski definition) is 5. The van der Waals surface area contributed by atoms with Gasteiger partial charge in [0, 0.05) is 18.9 Å². The zero-order valence-corrected chi connectivity index (χ0v) is 11.7. The van der Waals surface area contributed by atoms with Crippen LogP contribution in [0.15, 0.2) is 47.3 Å². The number of furan rings is 1. The van der Waals surface area contributed by atoms with Crippen molar-refractivity contribution in [2.45, 2.75) is 13.0 Å². The minimum Gasteiger partial charge on any atom is -0.469 e. The van der Waals surface area contributed by atoms with E-state index in [2.05, 4.69) is 9.72 Å². The van der Waals surface area contributed by atoms with Gasteiger partial charge < -0.3 is 14.1 Å². The lowest BCUT2D eigenvalue weighted by atomic mass is 10.2. The largest absolute Gasteiger partial charge is 0.469 e. The first-order chi connectivity index (χ1) is 10.2. The molecule has 0 aliphatic carbocycles. The summed E-state index contributed by atoms with van der Waals surface area (Å²) in [6.45, 7) is 0.540. The number of ether oxygens (including phenoxy) is 1. The molecule has 0 saturated carbocycles. The molecule has 6 heteroatoms. The van der Waals surface area contributed by atoms with Gasteiger partial charge in [0.05, 0.1) is 31.9 Å². The van der Waals surface area contributed by atoms with Crippen LogP contribution in [0.25, 0.3) is 0 Å². The molecule has 0 spiro atoms. The fraction of sp³-hybridized carbons (Fsp3) is 0.267. The number of carbonyl (C=O) groups is 2. The van der Waals surface area contributed by atoms with Crippen molar-refractivity contribution >= 4 is 11.9 Å². The highest BCUT2D eigenvalue weighted by molar-refractivity contribution is 5.94. The van der Waals surface area contributed by atoms with E-state index in [0.717, 1.165) is 0 Å². The minimum atomic E-state index is -0.363. The number of methoxy groups -OCH3 is 1. The molecule has 2 heterocycles. The van der Waals surface area contributed by atoms with E-state index in [0.29, 0.717) is 11.3 Å². The van der Waals surface area contributed by atoms with Crippen LogP contribution in [0.1, 0.15) is 22.5 Å². The van der Waals surface area contributed by atoms with Crippen molar-refractivity contribution in [3.8, 4) is 0 Å². The summed E-state index contributed by atoms with van der Waals surface area (Å²) in [6, 6.07) is 6.91. The zero-order chi connectivity index (χ0) is 15.1. The smallest absolute Gasteiger partial charge is 0.307 e. The second-order valence-electron chi connectivity index (χ2n) is 4.37. The summed E-state index contributed by atoms with van der Waals surface area (Å²) < 4.78 is 9.87. The van der Waals surface area contributed by atoms with E-state index in [9.17, 15) is 9.59 Å². The molecule has 21 heavy (non-hydrogen) atoms. The lowest BCUT2D eigenvalue weighted by Gasteiger charge is -2.21. The molecule has 0 bridgehead atoms. The van der Waals surface area contributed by atoms with Gasteiger partial charge in [-0.15, -0.1) is 0 Å². The van der Waals surface area contributed by atoms with Gasteiger partial charge in [0.2, 0.25) is 0 Å². The molecular formula is C15H16N2O4. The van der Waals surface area contributed by atoms with Crippen LogP contribution in [-0.4, -0.2) is 35.4 Å². The minimum absolute atomic E-state index is 0.128. The molecule has 0 saturated heterocycles. The summed E-state index contributed by atoms with van der Waals surface area (Å²) in [5, 5.41) is 0. The first-order valence-electron chi connectivity index (χ1n) is 6.49. The molecule has 0 aliphatic heterocycles. The van der Waals surface area contributed by atoms with Crippen molar-refractivity contribution in [2.75, 3.05) is 13.7 Å². The Hall–Kier alpha value is -2.63. The molecule has 6 nitrogen and oxygen atoms in total. The molecular weight excluding hydrogens is 272 g/mol. The zero-order valence-electron chi connectivity index (χ0n) is 11.7. The standard InChI is InChI=1S/C15H16N2O4/c1-20-14(18)6-8-17(11-13-5-3-9-21-13)15(19)12-4-2-7-16-10-12/h2-5,7,9-10H,6,8,11H2,1H3. The number of aromatic nitrogens is 1. The average molecular weight is 288 g/mol. The highest BCUT2D eigenvalue weighted by Crippen LogP contribution is 2.11. The summed E-state index contributed by atoms with van der Waals surface area (Å²) in [4.78, 5) is 29.2. The molecule has 2 rings (SSSR count). The van der Waals surface area contributed by atoms with Crippen LogP contribution >= 0.6 is 0 Å². The summed E-state index contributed by atoms with van der Waals surface area (Å²) in [5.41, 5.74) is 0.467. The van der Waals surface area contributed by atoms with E-state index < -0.39 is 0 Å². The van der Waals surface area contributed by atoms with Crippen LogP contribution in [0.2, 0.25) is 0 Å². The number of rotatable bonds is 6. The molecule has 0 N–H and O–H groups in total. The van der Waals surface area contributed by atoms with Gasteiger partial charge in [-0.2, -0.15) is 0 Å². The predicted molar refractivity (Wildman–Crippen MR) is 74.3 cm³/mol. The fourth-order valence-electron chi connectivity index (χ4n) is 1.84. The summed E-state index contributed by atoms with van der Waals surface area (Å²) >= 11 is 0. The van der Waals surface area contributed by atoms with Gasteiger partial charge in [-0.3, -0.25) is 14.6 Å². The Morgan fingerprint density at radius 2 is 2.19 bits per heavy atom. The molecule has 2 aromatic rings. The van der Waals surface area contributed by atoms with Gasteiger partial charge in [-0.1, -0.05) is 0 Å². The normalized spacial score (nSPS) is 10.1. The van der Waals surface area contributed by atoms with Crippen molar-refractivity contribution in [1.82, 2.24) is 9.88 Å². The second-order valence-corrected chi connectivity index (χ2v) is 4.37. The van der Waals surface area contributed by atoms with Crippen LogP contribution in [0.4, 0.5) is 0 Å². The first-order valence-corrected chi connectivity index (χ1v) is 6.49. The molecule has 1 amide bonds. The first kappa shape index (κ1) is 14.8. The topological polar surface area (TPSA) is 72.6 Å². The predicted octanol–water partition coefficient (Wildman–Crippen LogP) is 1.88. The Balaban J connectivity index is 2.10. The molecule has 0 aliphatic rings. The Morgan fingerprint density at radius 3 is 2.81 bits per heavy atom. The van der Waals surface area contributed by atoms with E-state index in [1.165, 1.54) is 18.2 Å². The van der Waals surface area contributed by atoms with Crippen LogP contribution in [0.3, 0.4) is 0 Å². The molecule has 0 unspecified atom stereocenters. The maximum Gasteiger partial charge on any atom is 0.307 e. The highest BCUT2D eigenvalue weighted by Gasteiger charge is 2.18. The van der Waals surface area contributed by atoms with E-state index >= 15 is 0 Å². The highest BCUT2D eigenvalue weighted by atomic mass is 16.5. The third kappa shape index (κ3) is 4.17. The number of carbonyl (C=O) groups excluding carboxylic acids is 2. The van der Waals surface area contributed by atoms with E-state index in [1.54, 1.807) is 36.7 Å². The lowest BCUT2D eigenvalue weighted by Crippen LogP contribution is -2.32. The van der Waals surface area contributed by atoms with Crippen molar-refractivity contribution in [2.24, 2.45) is 0 Å². The maximum atomic E-state index is 12.5. The lowest BCUT2D eigenvalue weighted by molar-refractivity contribution is -0.140. The van der Waals surface area contributed by atoms with Gasteiger partial charge in [-0.05, 0) is 24.3 Å². The molecule has 2 aromatic heterocycles. The van der Waals surface area contributed by atoms with Crippen LogP contribution < -0.4 is 0 Å². The molecule has 0 atom stereocenters. The Kier molecular flexibility index (Phi) is 5.09. The van der Waals surface area contributed by atoms with E-state index in [-0.39, 0.29) is 31.4 Å². The molecule has 0 radical (unpaired) electrons. The van der Waals surface area contributed by atoms with Crippen molar-refractivity contribution < 1.29 is 18.7 Å². The van der Waals surface area contributed by atoms with E-state index in [4.69, 9.17) is 4.42 Å². The SMILES string of the molecule is COC(=O)CCN(Cc1ccco1)C(=O)c1cccnc1. The molecule has 0 aromatic carbocycles. The van der Waals surface area contributed by atoms with Gasteiger partial charge in [0.15, 0.2) is 0 Å². The van der Waals surface area contributed by atoms with Gasteiger partial charge in [0.25, 0.3) is 5.91 Å². The Morgan fingerprint density at radius 1 is 1.33 bits per heavy atom. The second kappa shape index (κ2) is 7.23. The quantitative estimate of drug-likeness (QED) is 0.759. The fourth-order valence-corrected chi connectivity index (χ4v) is 1.84. The van der Waals surface area contributed by atoms with Crippen molar-refractivity contribution in [1.29, 1.82) is 0 Å². The average Bonchev–Trinajstić information content (AvgIpc) is 3.04. The number of hydrogen-bond donors (Lipinski definition) is 0. The number of amides is 1. The molecule has 110 valence electrons. The van der Waals surface area contributed by atoms with Crippen molar-refractivity contribution in [3.63, 3.8) is 0 Å². The van der Waals surface area contributed by atoms with Crippen LogP contribution in [-0.2, 0) is 16.1 Å². The van der Waals surface area contributed by atoms with Crippen LogP contribution in [0, 0.1) is 0 Å². The van der Waals surface area contributed by atoms with Gasteiger partial charge in [0.1, 0.15) is 5.76 Å². The third-order valence-corrected chi connectivity index (χ3v) is 2.94.